The summed E-state index contributed by atoms with van der Waals surface area (Å²) in [5.74, 6) is 0.209. The first-order valence-corrected chi connectivity index (χ1v) is 12.3. The van der Waals surface area contributed by atoms with Crippen molar-refractivity contribution in [2.75, 3.05) is 31.0 Å². The second-order valence-electron chi connectivity index (χ2n) is 9.37. The van der Waals surface area contributed by atoms with Gasteiger partial charge in [0.2, 0.25) is 11.8 Å². The molecule has 2 aromatic carbocycles. The number of anilines is 2. The fourth-order valence-corrected chi connectivity index (χ4v) is 5.05. The van der Waals surface area contributed by atoms with E-state index in [4.69, 9.17) is 16.3 Å². The van der Waals surface area contributed by atoms with Crippen molar-refractivity contribution in [1.82, 2.24) is 14.5 Å². The van der Waals surface area contributed by atoms with Crippen molar-refractivity contribution < 1.29 is 13.9 Å². The molecule has 1 aliphatic heterocycles. The van der Waals surface area contributed by atoms with Gasteiger partial charge in [0.25, 0.3) is 5.91 Å². The van der Waals surface area contributed by atoms with Crippen LogP contribution in [-0.4, -0.2) is 41.6 Å². The molecule has 0 aliphatic carbocycles. The molecule has 0 radical (unpaired) electrons. The maximum absolute atomic E-state index is 14.0. The van der Waals surface area contributed by atoms with E-state index in [1.165, 1.54) is 12.1 Å². The van der Waals surface area contributed by atoms with Crippen LogP contribution < -0.4 is 14.5 Å². The van der Waals surface area contributed by atoms with Gasteiger partial charge >= 0.3 is 0 Å². The molecular weight excluding hydrogens is 493 g/mol. The van der Waals surface area contributed by atoms with Crippen LogP contribution in [0.25, 0.3) is 11.3 Å². The highest BCUT2D eigenvalue weighted by Crippen LogP contribution is 2.47. The molecule has 0 spiro atoms. The predicted octanol–water partition coefficient (Wildman–Crippen LogP) is 6.14. The van der Waals surface area contributed by atoms with Gasteiger partial charge in [-0.1, -0.05) is 41.9 Å². The van der Waals surface area contributed by atoms with Gasteiger partial charge in [0.15, 0.2) is 0 Å². The average Bonchev–Trinajstić information content (AvgIpc) is 3.41. The largest absolute Gasteiger partial charge is 0.480 e. The molecule has 1 aliphatic rings. The number of fused-ring (bicyclic) bond motifs is 1. The zero-order chi connectivity index (χ0) is 26.4. The number of rotatable bonds is 6. The molecule has 4 aromatic rings. The summed E-state index contributed by atoms with van der Waals surface area (Å²) < 4.78 is 21.8. The number of carbonyl (C=O) groups excluding carboxylic acids is 1. The van der Waals surface area contributed by atoms with Gasteiger partial charge in [-0.3, -0.25) is 9.69 Å². The Morgan fingerprint density at radius 1 is 1.08 bits per heavy atom. The maximum atomic E-state index is 14.0. The predicted molar refractivity (Wildman–Crippen MR) is 143 cm³/mol. The second kappa shape index (κ2) is 9.52. The topological polar surface area (TPSA) is 63.5 Å². The van der Waals surface area contributed by atoms with Crippen LogP contribution in [-0.2, 0) is 0 Å². The fourth-order valence-electron chi connectivity index (χ4n) is 4.87. The van der Waals surface area contributed by atoms with Crippen molar-refractivity contribution in [2.24, 2.45) is 0 Å². The zero-order valence-corrected chi connectivity index (χ0v) is 22.0. The Morgan fingerprint density at radius 3 is 2.43 bits per heavy atom. The van der Waals surface area contributed by atoms with Gasteiger partial charge in [-0.2, -0.15) is 4.98 Å². The molecule has 3 heterocycles. The number of ether oxygens (including phenoxy) is 1. The molecule has 0 saturated heterocycles. The number of methoxy groups -OCH3 is 1. The van der Waals surface area contributed by atoms with E-state index in [1.54, 1.807) is 29.2 Å². The van der Waals surface area contributed by atoms with Crippen molar-refractivity contribution in [3.05, 3.63) is 88.5 Å². The van der Waals surface area contributed by atoms with Gasteiger partial charge in [-0.05, 0) is 43.7 Å². The number of carbonyl (C=O) groups is 1. The normalized spacial score (nSPS) is 14.9. The smallest absolute Gasteiger partial charge is 0.261 e. The number of hydrogen-bond acceptors (Lipinski definition) is 5. The summed E-state index contributed by atoms with van der Waals surface area (Å²) in [5, 5.41) is -0.0380. The van der Waals surface area contributed by atoms with E-state index in [-0.39, 0.29) is 17.0 Å². The first kappa shape index (κ1) is 24.8. The van der Waals surface area contributed by atoms with E-state index in [1.807, 2.05) is 50.5 Å². The van der Waals surface area contributed by atoms with Crippen LogP contribution in [0.4, 0.5) is 16.0 Å². The first-order valence-electron chi connectivity index (χ1n) is 11.9. The number of hydrogen-bond donors (Lipinski definition) is 0. The molecular formula is C28H27ClFN5O2. The van der Waals surface area contributed by atoms with E-state index in [0.29, 0.717) is 28.6 Å². The number of amides is 1. The molecule has 0 fully saturated rings. The van der Waals surface area contributed by atoms with Crippen LogP contribution in [0.15, 0.2) is 60.8 Å². The summed E-state index contributed by atoms with van der Waals surface area (Å²) in [4.78, 5) is 26.5. The third-order valence-electron chi connectivity index (χ3n) is 6.47. The average molecular weight is 520 g/mol. The van der Waals surface area contributed by atoms with Gasteiger partial charge in [0, 0.05) is 32.0 Å². The van der Waals surface area contributed by atoms with Gasteiger partial charge in [0.05, 0.1) is 34.6 Å². The van der Waals surface area contributed by atoms with Gasteiger partial charge in [-0.25, -0.2) is 9.37 Å². The summed E-state index contributed by atoms with van der Waals surface area (Å²) in [6.45, 7) is 4.13. The minimum absolute atomic E-state index is 0.00671. The van der Waals surface area contributed by atoms with E-state index >= 15 is 0 Å². The molecule has 5 rings (SSSR count). The molecule has 9 heteroatoms. The van der Waals surface area contributed by atoms with Crippen molar-refractivity contribution in [3.8, 4) is 17.1 Å². The first-order chi connectivity index (χ1) is 17.7. The summed E-state index contributed by atoms with van der Waals surface area (Å²) in [6.07, 6.45) is 1.73. The monoisotopic (exact) mass is 519 g/mol. The van der Waals surface area contributed by atoms with E-state index in [2.05, 4.69) is 28.4 Å². The molecule has 1 amide bonds. The minimum atomic E-state index is -0.534. The highest BCUT2D eigenvalue weighted by molar-refractivity contribution is 6.31. The molecule has 0 saturated carbocycles. The lowest BCUT2D eigenvalue weighted by molar-refractivity contribution is 0.0993. The minimum Gasteiger partial charge on any atom is -0.480 e. The Balaban J connectivity index is 1.76. The number of benzene rings is 2. The summed E-state index contributed by atoms with van der Waals surface area (Å²) in [7, 11) is 5.29. The van der Waals surface area contributed by atoms with Crippen LogP contribution in [0.3, 0.4) is 0 Å². The number of nitrogens with zero attached hydrogens (tertiary/aromatic N) is 5. The second-order valence-corrected chi connectivity index (χ2v) is 9.77. The van der Waals surface area contributed by atoms with Crippen molar-refractivity contribution in [3.63, 3.8) is 0 Å². The fraction of sp³-hybridized carbons (Fsp3) is 0.250. The highest BCUT2D eigenvalue weighted by Gasteiger charge is 2.43. The van der Waals surface area contributed by atoms with Crippen molar-refractivity contribution in [2.45, 2.75) is 25.9 Å². The lowest BCUT2D eigenvalue weighted by Gasteiger charge is -2.29. The van der Waals surface area contributed by atoms with Gasteiger partial charge in [0.1, 0.15) is 11.9 Å². The molecule has 2 aromatic heterocycles. The van der Waals surface area contributed by atoms with E-state index in [0.717, 1.165) is 17.0 Å². The zero-order valence-electron chi connectivity index (χ0n) is 21.2. The number of halogens is 2. The molecule has 1 unspecified atom stereocenters. The van der Waals surface area contributed by atoms with Crippen LogP contribution >= 0.6 is 11.6 Å². The summed E-state index contributed by atoms with van der Waals surface area (Å²) in [5.41, 5.74) is 4.31. The van der Waals surface area contributed by atoms with Crippen LogP contribution in [0.1, 0.15) is 47.5 Å². The Labute approximate surface area is 220 Å². The molecule has 7 nitrogen and oxygen atoms in total. The van der Waals surface area contributed by atoms with Crippen LogP contribution in [0.2, 0.25) is 5.02 Å². The van der Waals surface area contributed by atoms with Gasteiger partial charge < -0.3 is 14.2 Å². The van der Waals surface area contributed by atoms with Crippen LogP contribution in [0.5, 0.6) is 5.88 Å². The van der Waals surface area contributed by atoms with E-state index < -0.39 is 11.9 Å². The Kier molecular flexibility index (Phi) is 6.37. The Morgan fingerprint density at radius 2 is 1.81 bits per heavy atom. The van der Waals surface area contributed by atoms with Crippen molar-refractivity contribution in [1.29, 1.82) is 0 Å². The lowest BCUT2D eigenvalue weighted by atomic mass is 10.0. The molecule has 1 atom stereocenters. The number of aromatic nitrogens is 3. The van der Waals surface area contributed by atoms with Crippen molar-refractivity contribution >= 4 is 29.1 Å². The van der Waals surface area contributed by atoms with E-state index in [9.17, 15) is 9.18 Å². The standard InChI is InChI=1S/C28H27ClFN5O2/c1-16(2)34-23(20-15-31-28(33(3)4)32-26(20)37-5)14-19-25(34)24(17-9-7-6-8-10-17)35(27(19)36)18-11-12-22(30)21(29)13-18/h6-16,24H,1-5H3. The third-order valence-corrected chi connectivity index (χ3v) is 6.76. The lowest BCUT2D eigenvalue weighted by Crippen LogP contribution is -2.30. The third kappa shape index (κ3) is 4.11. The maximum Gasteiger partial charge on any atom is 0.261 e. The van der Waals surface area contributed by atoms with Crippen LogP contribution in [0, 0.1) is 5.82 Å². The Hall–Kier alpha value is -3.91. The SMILES string of the molecule is COc1nc(N(C)C)ncc1-c1cc2c(n1C(C)C)C(c1ccccc1)N(c1ccc(F)c(Cl)c1)C2=O. The molecule has 0 bridgehead atoms. The summed E-state index contributed by atoms with van der Waals surface area (Å²) in [6, 6.07) is 15.6. The molecule has 0 N–H and O–H groups in total. The highest BCUT2D eigenvalue weighted by atomic mass is 35.5. The molecule has 37 heavy (non-hydrogen) atoms. The quantitative estimate of drug-likeness (QED) is 0.306. The summed E-state index contributed by atoms with van der Waals surface area (Å²) >= 11 is 6.12. The Bertz CT molecular complexity index is 1490. The van der Waals surface area contributed by atoms with Gasteiger partial charge in [-0.15, -0.1) is 0 Å². The molecule has 190 valence electrons.